The zero-order valence-corrected chi connectivity index (χ0v) is 14.0. The molecule has 5 heteroatoms. The average Bonchev–Trinajstić information content (AvgIpc) is 2.37. The zero-order chi connectivity index (χ0) is 14.9. The zero-order valence-electron chi connectivity index (χ0n) is 11.6. The Morgan fingerprint density at radius 1 is 0.900 bits per heavy atom. The lowest BCUT2D eigenvalue weighted by Crippen LogP contribution is -2.13. The van der Waals surface area contributed by atoms with Gasteiger partial charge in [0.1, 0.15) is 0 Å². The lowest BCUT2D eigenvalue weighted by molar-refractivity contribution is 0.601. The highest BCUT2D eigenvalue weighted by molar-refractivity contribution is 9.10. The van der Waals surface area contributed by atoms with Crippen molar-refractivity contribution >= 4 is 31.6 Å². The Labute approximate surface area is 128 Å². The van der Waals surface area contributed by atoms with Gasteiger partial charge in [0.2, 0.25) is 0 Å². The number of rotatable bonds is 3. The van der Waals surface area contributed by atoms with E-state index in [2.05, 4.69) is 20.7 Å². The van der Waals surface area contributed by atoms with Gasteiger partial charge in [0.05, 0.1) is 4.90 Å². The number of hydrogen-bond acceptors (Lipinski definition) is 2. The molecule has 0 amide bonds. The van der Waals surface area contributed by atoms with Gasteiger partial charge in [-0.05, 0) is 67.8 Å². The van der Waals surface area contributed by atoms with Crippen LogP contribution in [0.1, 0.15) is 16.7 Å². The fraction of sp³-hybridized carbons (Fsp3) is 0.200. The van der Waals surface area contributed by atoms with Crippen molar-refractivity contribution in [2.45, 2.75) is 25.7 Å². The van der Waals surface area contributed by atoms with E-state index in [4.69, 9.17) is 0 Å². The molecule has 2 rings (SSSR count). The summed E-state index contributed by atoms with van der Waals surface area (Å²) in [5.74, 6) is 0. The van der Waals surface area contributed by atoms with Gasteiger partial charge in [0.25, 0.3) is 10.0 Å². The smallest absolute Gasteiger partial charge is 0.261 e. The monoisotopic (exact) mass is 353 g/mol. The number of hydrogen-bond donors (Lipinski definition) is 1. The number of nitrogens with one attached hydrogen (secondary N) is 1. The van der Waals surface area contributed by atoms with Gasteiger partial charge in [-0.15, -0.1) is 0 Å². The highest BCUT2D eigenvalue weighted by atomic mass is 79.9. The molecule has 2 aromatic rings. The van der Waals surface area contributed by atoms with Crippen molar-refractivity contribution in [2.75, 3.05) is 4.72 Å². The molecular formula is C15H16BrNO2S. The summed E-state index contributed by atoms with van der Waals surface area (Å²) in [7, 11) is -3.55. The third-order valence-corrected chi connectivity index (χ3v) is 5.47. The molecule has 0 spiro atoms. The minimum atomic E-state index is -3.55. The molecule has 20 heavy (non-hydrogen) atoms. The van der Waals surface area contributed by atoms with Crippen LogP contribution in [0.4, 0.5) is 5.69 Å². The third kappa shape index (κ3) is 3.22. The molecule has 0 saturated heterocycles. The van der Waals surface area contributed by atoms with Gasteiger partial charge in [-0.25, -0.2) is 8.42 Å². The minimum absolute atomic E-state index is 0.261. The van der Waals surface area contributed by atoms with Gasteiger partial charge >= 0.3 is 0 Å². The van der Waals surface area contributed by atoms with Gasteiger partial charge in [0, 0.05) is 10.2 Å². The molecule has 0 heterocycles. The molecule has 0 unspecified atom stereocenters. The molecule has 2 aromatic carbocycles. The quantitative estimate of drug-likeness (QED) is 0.899. The van der Waals surface area contributed by atoms with E-state index in [9.17, 15) is 8.42 Å². The highest BCUT2D eigenvalue weighted by Crippen LogP contribution is 2.23. The maximum absolute atomic E-state index is 12.3. The molecule has 0 aliphatic carbocycles. The second-order valence-corrected chi connectivity index (χ2v) is 7.35. The lowest BCUT2D eigenvalue weighted by atomic mass is 10.1. The summed E-state index contributed by atoms with van der Waals surface area (Å²) in [4.78, 5) is 0.261. The Kier molecular flexibility index (Phi) is 4.20. The van der Waals surface area contributed by atoms with Gasteiger partial charge in [-0.3, -0.25) is 4.72 Å². The van der Waals surface area contributed by atoms with Crippen molar-refractivity contribution in [3.05, 3.63) is 57.6 Å². The second-order valence-electron chi connectivity index (χ2n) is 4.82. The number of aryl methyl sites for hydroxylation is 3. The molecule has 0 bridgehead atoms. The van der Waals surface area contributed by atoms with Crippen LogP contribution >= 0.6 is 15.9 Å². The van der Waals surface area contributed by atoms with Gasteiger partial charge in [-0.2, -0.15) is 0 Å². The first kappa shape index (κ1) is 15.1. The van der Waals surface area contributed by atoms with E-state index in [1.165, 1.54) is 0 Å². The molecule has 0 aliphatic rings. The standard InChI is InChI=1S/C15H16BrNO2S/c1-10-4-5-13(8-11(10)2)17-20(18,19)14-6-7-15(16)12(3)9-14/h4-9,17H,1-3H3. The largest absolute Gasteiger partial charge is 0.280 e. The molecule has 0 aliphatic heterocycles. The summed E-state index contributed by atoms with van der Waals surface area (Å²) in [5.41, 5.74) is 3.64. The van der Waals surface area contributed by atoms with Crippen LogP contribution in [0.2, 0.25) is 0 Å². The van der Waals surface area contributed by atoms with Crippen molar-refractivity contribution in [3.8, 4) is 0 Å². The van der Waals surface area contributed by atoms with Gasteiger partial charge in [0.15, 0.2) is 0 Å². The van der Waals surface area contributed by atoms with Crippen LogP contribution in [-0.2, 0) is 10.0 Å². The van der Waals surface area contributed by atoms with Crippen LogP contribution in [0.3, 0.4) is 0 Å². The summed E-state index contributed by atoms with van der Waals surface area (Å²) in [5, 5.41) is 0. The molecule has 3 nitrogen and oxygen atoms in total. The normalized spacial score (nSPS) is 11.4. The minimum Gasteiger partial charge on any atom is -0.280 e. The summed E-state index contributed by atoms with van der Waals surface area (Å²) in [6.07, 6.45) is 0. The molecule has 106 valence electrons. The van der Waals surface area contributed by atoms with Crippen molar-refractivity contribution in [2.24, 2.45) is 0 Å². The Hall–Kier alpha value is -1.33. The average molecular weight is 354 g/mol. The van der Waals surface area contributed by atoms with Crippen LogP contribution in [0.5, 0.6) is 0 Å². The van der Waals surface area contributed by atoms with E-state index in [0.717, 1.165) is 21.2 Å². The molecule has 0 saturated carbocycles. The summed E-state index contributed by atoms with van der Waals surface area (Å²) >= 11 is 3.37. The van der Waals surface area contributed by atoms with Crippen molar-refractivity contribution in [1.29, 1.82) is 0 Å². The first-order valence-electron chi connectivity index (χ1n) is 6.16. The number of benzene rings is 2. The highest BCUT2D eigenvalue weighted by Gasteiger charge is 2.15. The summed E-state index contributed by atoms with van der Waals surface area (Å²) < 4.78 is 28.2. The topological polar surface area (TPSA) is 46.2 Å². The first-order chi connectivity index (χ1) is 9.29. The lowest BCUT2D eigenvalue weighted by Gasteiger charge is -2.10. The van der Waals surface area contributed by atoms with E-state index in [0.29, 0.717) is 5.69 Å². The summed E-state index contributed by atoms with van der Waals surface area (Å²) in [6.45, 7) is 5.81. The summed E-state index contributed by atoms with van der Waals surface area (Å²) in [6, 6.07) is 10.5. The van der Waals surface area contributed by atoms with Crippen LogP contribution in [0.25, 0.3) is 0 Å². The number of halogens is 1. The van der Waals surface area contributed by atoms with E-state index in [-0.39, 0.29) is 4.90 Å². The predicted octanol–water partition coefficient (Wildman–Crippen LogP) is 4.18. The van der Waals surface area contributed by atoms with Gasteiger partial charge in [-0.1, -0.05) is 22.0 Å². The third-order valence-electron chi connectivity index (χ3n) is 3.20. The SMILES string of the molecule is Cc1ccc(NS(=O)(=O)c2ccc(Br)c(C)c2)cc1C. The Bertz CT molecular complexity index is 754. The van der Waals surface area contributed by atoms with Crippen LogP contribution < -0.4 is 4.72 Å². The fourth-order valence-electron chi connectivity index (χ4n) is 1.80. The Morgan fingerprint density at radius 3 is 2.20 bits per heavy atom. The van der Waals surface area contributed by atoms with E-state index >= 15 is 0 Å². The van der Waals surface area contributed by atoms with Crippen LogP contribution in [0, 0.1) is 20.8 Å². The predicted molar refractivity (Wildman–Crippen MR) is 85.6 cm³/mol. The van der Waals surface area contributed by atoms with Crippen molar-refractivity contribution in [3.63, 3.8) is 0 Å². The maximum atomic E-state index is 12.3. The molecule has 1 N–H and O–H groups in total. The molecule has 0 atom stereocenters. The molecular weight excluding hydrogens is 338 g/mol. The molecule has 0 aromatic heterocycles. The number of anilines is 1. The second kappa shape index (κ2) is 5.58. The molecule has 0 fully saturated rings. The first-order valence-corrected chi connectivity index (χ1v) is 8.43. The van der Waals surface area contributed by atoms with E-state index in [1.54, 1.807) is 24.3 Å². The maximum Gasteiger partial charge on any atom is 0.261 e. The molecule has 0 radical (unpaired) electrons. The fourth-order valence-corrected chi connectivity index (χ4v) is 3.18. The van der Waals surface area contributed by atoms with Crippen LogP contribution in [-0.4, -0.2) is 8.42 Å². The van der Waals surface area contributed by atoms with Crippen molar-refractivity contribution < 1.29 is 8.42 Å². The van der Waals surface area contributed by atoms with E-state index < -0.39 is 10.0 Å². The Balaban J connectivity index is 2.35. The van der Waals surface area contributed by atoms with Crippen molar-refractivity contribution in [1.82, 2.24) is 0 Å². The Morgan fingerprint density at radius 2 is 1.60 bits per heavy atom. The van der Waals surface area contributed by atoms with Crippen LogP contribution in [0.15, 0.2) is 45.8 Å². The van der Waals surface area contributed by atoms with Gasteiger partial charge < -0.3 is 0 Å². The van der Waals surface area contributed by atoms with E-state index in [1.807, 2.05) is 32.9 Å². The number of sulfonamides is 1.